The van der Waals surface area contributed by atoms with Crippen molar-refractivity contribution in [1.82, 2.24) is 25.1 Å². The van der Waals surface area contributed by atoms with Crippen LogP contribution in [0, 0.1) is 6.92 Å². The van der Waals surface area contributed by atoms with Gasteiger partial charge in [0.15, 0.2) is 0 Å². The average molecular weight is 502 g/mol. The second-order valence-electron chi connectivity index (χ2n) is 10.0. The number of aromatic nitrogens is 4. The van der Waals surface area contributed by atoms with Crippen LogP contribution in [0.3, 0.4) is 0 Å². The van der Waals surface area contributed by atoms with Gasteiger partial charge in [-0.3, -0.25) is 14.5 Å². The SMILES string of the molecule is Cc1cc(Cn2cc3c(CC(C)(O)CNC(=O)c4ccccc4O)nccc3n2)cnc1OC1CCC1. The lowest BCUT2D eigenvalue weighted by Gasteiger charge is -2.26. The van der Waals surface area contributed by atoms with Crippen LogP contribution >= 0.6 is 0 Å². The number of carbonyl (C=O) groups is 1. The Labute approximate surface area is 215 Å². The van der Waals surface area contributed by atoms with Gasteiger partial charge < -0.3 is 20.3 Å². The van der Waals surface area contributed by atoms with Crippen molar-refractivity contribution < 1.29 is 19.7 Å². The van der Waals surface area contributed by atoms with Gasteiger partial charge in [0.25, 0.3) is 5.91 Å². The van der Waals surface area contributed by atoms with E-state index in [-0.39, 0.29) is 30.4 Å². The number of hydrogen-bond acceptors (Lipinski definition) is 7. The Bertz CT molecular complexity index is 1430. The molecule has 1 aromatic carbocycles. The van der Waals surface area contributed by atoms with Crippen LogP contribution in [-0.4, -0.2) is 54.1 Å². The number of phenols is 1. The molecule has 1 atom stereocenters. The van der Waals surface area contributed by atoms with Gasteiger partial charge in [0.05, 0.1) is 28.9 Å². The smallest absolute Gasteiger partial charge is 0.255 e. The maximum Gasteiger partial charge on any atom is 0.255 e. The number of phenolic OH excluding ortho intramolecular Hbond substituents is 1. The molecule has 1 aliphatic rings. The van der Waals surface area contributed by atoms with Crippen molar-refractivity contribution in [2.75, 3.05) is 6.54 Å². The van der Waals surface area contributed by atoms with Crippen molar-refractivity contribution in [3.63, 3.8) is 0 Å². The molecule has 0 aliphatic heterocycles. The Hall–Kier alpha value is -3.98. The zero-order valence-electron chi connectivity index (χ0n) is 21.0. The zero-order valence-corrected chi connectivity index (χ0v) is 21.0. The monoisotopic (exact) mass is 501 g/mol. The summed E-state index contributed by atoms with van der Waals surface area (Å²) in [6, 6.07) is 10.2. The van der Waals surface area contributed by atoms with Gasteiger partial charge in [-0.2, -0.15) is 5.10 Å². The van der Waals surface area contributed by atoms with E-state index in [9.17, 15) is 15.0 Å². The first kappa shape index (κ1) is 24.7. The summed E-state index contributed by atoms with van der Waals surface area (Å²) in [7, 11) is 0. The molecule has 1 aliphatic carbocycles. The number of rotatable bonds is 9. The Balaban J connectivity index is 1.26. The molecular formula is C28H31N5O4. The minimum Gasteiger partial charge on any atom is -0.507 e. The number of hydrogen-bond donors (Lipinski definition) is 3. The largest absolute Gasteiger partial charge is 0.507 e. The summed E-state index contributed by atoms with van der Waals surface area (Å²) in [5.74, 6) is 0.136. The van der Waals surface area contributed by atoms with E-state index in [2.05, 4.69) is 26.4 Å². The van der Waals surface area contributed by atoms with Gasteiger partial charge in [-0.25, -0.2) is 4.98 Å². The molecule has 0 saturated heterocycles. The maximum absolute atomic E-state index is 12.4. The Morgan fingerprint density at radius 2 is 2.05 bits per heavy atom. The predicted octanol–water partition coefficient (Wildman–Crippen LogP) is 3.54. The highest BCUT2D eigenvalue weighted by Crippen LogP contribution is 2.27. The van der Waals surface area contributed by atoms with Gasteiger partial charge in [-0.15, -0.1) is 0 Å². The number of para-hydroxylation sites is 1. The minimum absolute atomic E-state index is 0.00735. The van der Waals surface area contributed by atoms with E-state index in [4.69, 9.17) is 4.74 Å². The lowest BCUT2D eigenvalue weighted by atomic mass is 9.96. The molecule has 1 fully saturated rings. The number of nitrogens with one attached hydrogen (secondary N) is 1. The van der Waals surface area contributed by atoms with E-state index in [1.165, 1.54) is 18.6 Å². The maximum atomic E-state index is 12.4. The summed E-state index contributed by atoms with van der Waals surface area (Å²) in [6.45, 7) is 4.18. The van der Waals surface area contributed by atoms with E-state index >= 15 is 0 Å². The number of aromatic hydroxyl groups is 1. The van der Waals surface area contributed by atoms with E-state index in [1.807, 2.05) is 30.1 Å². The molecule has 192 valence electrons. The third kappa shape index (κ3) is 5.72. The summed E-state index contributed by atoms with van der Waals surface area (Å²) in [5, 5.41) is 29.1. The first-order valence-electron chi connectivity index (χ1n) is 12.5. The Morgan fingerprint density at radius 3 is 2.78 bits per heavy atom. The number of aliphatic hydroxyl groups is 1. The number of amides is 1. The number of nitrogens with zero attached hydrogens (tertiary/aromatic N) is 4. The normalized spacial score (nSPS) is 15.2. The van der Waals surface area contributed by atoms with E-state index in [0.717, 1.165) is 34.9 Å². The highest BCUT2D eigenvalue weighted by Gasteiger charge is 2.25. The number of pyridine rings is 2. The highest BCUT2D eigenvalue weighted by molar-refractivity contribution is 5.96. The standard InChI is InChI=1S/C28H31N5O4/c1-18-12-19(14-30-27(18)37-20-6-5-7-20)15-33-16-22-23(32-33)10-11-29-24(22)13-28(2,36)17-31-26(35)21-8-3-4-9-25(21)34/h3-4,8-12,14,16,20,34,36H,5-7,13,15,17H2,1-2H3,(H,31,35). The summed E-state index contributed by atoms with van der Waals surface area (Å²) in [5.41, 5.74) is 2.37. The van der Waals surface area contributed by atoms with Crippen LogP contribution < -0.4 is 10.1 Å². The molecule has 4 aromatic rings. The lowest BCUT2D eigenvalue weighted by molar-refractivity contribution is 0.0547. The Kier molecular flexibility index (Phi) is 6.80. The lowest BCUT2D eigenvalue weighted by Crippen LogP contribution is -2.42. The van der Waals surface area contributed by atoms with Crippen LogP contribution in [-0.2, 0) is 13.0 Å². The van der Waals surface area contributed by atoms with Crippen molar-refractivity contribution in [2.24, 2.45) is 0 Å². The van der Waals surface area contributed by atoms with E-state index in [0.29, 0.717) is 18.1 Å². The van der Waals surface area contributed by atoms with Crippen LogP contribution in [0.2, 0.25) is 0 Å². The molecule has 9 nitrogen and oxygen atoms in total. The van der Waals surface area contributed by atoms with Crippen molar-refractivity contribution in [1.29, 1.82) is 0 Å². The fourth-order valence-electron chi connectivity index (χ4n) is 4.39. The van der Waals surface area contributed by atoms with Gasteiger partial charge in [0.1, 0.15) is 11.9 Å². The van der Waals surface area contributed by atoms with Gasteiger partial charge in [0, 0.05) is 42.5 Å². The van der Waals surface area contributed by atoms with Crippen LogP contribution in [0.1, 0.15) is 53.4 Å². The number of carbonyl (C=O) groups excluding carboxylic acids is 1. The number of aryl methyl sites for hydroxylation is 1. The molecule has 1 unspecified atom stereocenters. The quantitative estimate of drug-likeness (QED) is 0.321. The van der Waals surface area contributed by atoms with Crippen LogP contribution in [0.4, 0.5) is 0 Å². The van der Waals surface area contributed by atoms with Gasteiger partial charge >= 0.3 is 0 Å². The molecule has 1 saturated carbocycles. The molecule has 9 heteroatoms. The van der Waals surface area contributed by atoms with Crippen molar-refractivity contribution in [3.8, 4) is 11.6 Å². The average Bonchev–Trinajstić information content (AvgIpc) is 3.25. The van der Waals surface area contributed by atoms with Crippen LogP contribution in [0.5, 0.6) is 11.6 Å². The molecular weight excluding hydrogens is 470 g/mol. The van der Waals surface area contributed by atoms with Gasteiger partial charge in [-0.1, -0.05) is 12.1 Å². The number of benzene rings is 1. The first-order chi connectivity index (χ1) is 17.8. The molecule has 3 aromatic heterocycles. The molecule has 5 rings (SSSR count). The summed E-state index contributed by atoms with van der Waals surface area (Å²) < 4.78 is 7.80. The van der Waals surface area contributed by atoms with Crippen LogP contribution in [0.25, 0.3) is 10.9 Å². The summed E-state index contributed by atoms with van der Waals surface area (Å²) in [6.07, 6.45) is 9.31. The number of ether oxygens (including phenoxy) is 1. The van der Waals surface area contributed by atoms with E-state index in [1.54, 1.807) is 25.3 Å². The van der Waals surface area contributed by atoms with Gasteiger partial charge in [-0.05, 0) is 62.9 Å². The van der Waals surface area contributed by atoms with E-state index < -0.39 is 11.5 Å². The summed E-state index contributed by atoms with van der Waals surface area (Å²) in [4.78, 5) is 21.4. The zero-order chi connectivity index (χ0) is 26.0. The molecule has 3 heterocycles. The third-order valence-corrected chi connectivity index (χ3v) is 6.65. The summed E-state index contributed by atoms with van der Waals surface area (Å²) >= 11 is 0. The molecule has 37 heavy (non-hydrogen) atoms. The first-order valence-corrected chi connectivity index (χ1v) is 12.5. The minimum atomic E-state index is -1.26. The van der Waals surface area contributed by atoms with Crippen molar-refractivity contribution >= 4 is 16.8 Å². The molecule has 0 bridgehead atoms. The topological polar surface area (TPSA) is 122 Å². The predicted molar refractivity (Wildman–Crippen MR) is 139 cm³/mol. The molecule has 0 radical (unpaired) electrons. The Morgan fingerprint density at radius 1 is 1.24 bits per heavy atom. The van der Waals surface area contributed by atoms with Crippen molar-refractivity contribution in [3.05, 3.63) is 77.4 Å². The molecule has 1 amide bonds. The molecule has 0 spiro atoms. The fourth-order valence-corrected chi connectivity index (χ4v) is 4.39. The molecule has 3 N–H and O–H groups in total. The van der Waals surface area contributed by atoms with Crippen LogP contribution in [0.15, 0.2) is 55.0 Å². The van der Waals surface area contributed by atoms with Crippen molar-refractivity contribution in [2.45, 2.75) is 57.8 Å². The highest BCUT2D eigenvalue weighted by atomic mass is 16.5. The second kappa shape index (κ2) is 10.2. The van der Waals surface area contributed by atoms with Gasteiger partial charge in [0.2, 0.25) is 5.88 Å². The fraction of sp³-hybridized carbons (Fsp3) is 0.357. The number of fused-ring (bicyclic) bond motifs is 1. The third-order valence-electron chi connectivity index (χ3n) is 6.65. The second-order valence-corrected chi connectivity index (χ2v) is 10.0.